The molecule has 0 aliphatic rings. The van der Waals surface area contributed by atoms with Crippen molar-refractivity contribution in [1.29, 1.82) is 0 Å². The Morgan fingerprint density at radius 1 is 1.38 bits per heavy atom. The van der Waals surface area contributed by atoms with Gasteiger partial charge in [0.2, 0.25) is 5.91 Å². The molecule has 2 rings (SSSR count). The van der Waals surface area contributed by atoms with Gasteiger partial charge in [-0.05, 0) is 25.5 Å². The first kappa shape index (κ1) is 15.6. The van der Waals surface area contributed by atoms with E-state index < -0.39 is 0 Å². The number of amides is 1. The average Bonchev–Trinajstić information content (AvgIpc) is 2.93. The Labute approximate surface area is 129 Å². The summed E-state index contributed by atoms with van der Waals surface area (Å²) in [6.07, 6.45) is 6.48. The summed E-state index contributed by atoms with van der Waals surface area (Å²) in [4.78, 5) is 20.6. The lowest BCUT2D eigenvalue weighted by molar-refractivity contribution is -0.120. The zero-order chi connectivity index (χ0) is 15.1. The fourth-order valence-electron chi connectivity index (χ4n) is 1.91. The fraction of sp³-hybridized carbons (Fsp3) is 0.400. The average molecular weight is 304 g/mol. The smallest absolute Gasteiger partial charge is 0.233 e. The van der Waals surface area contributed by atoms with Gasteiger partial charge >= 0.3 is 0 Å². The van der Waals surface area contributed by atoms with Crippen molar-refractivity contribution in [3.05, 3.63) is 42.6 Å². The first-order chi connectivity index (χ1) is 10.2. The van der Waals surface area contributed by atoms with E-state index in [2.05, 4.69) is 26.8 Å². The molecule has 1 unspecified atom stereocenters. The number of aryl methyl sites for hydroxylation is 1. The summed E-state index contributed by atoms with van der Waals surface area (Å²) in [5.74, 6) is 0.886. The predicted octanol–water partition coefficient (Wildman–Crippen LogP) is 2.49. The Hall–Kier alpha value is -1.82. The van der Waals surface area contributed by atoms with Gasteiger partial charge in [-0.2, -0.15) is 0 Å². The maximum absolute atomic E-state index is 12.1. The molecular formula is C15H20N4OS. The molecule has 0 saturated carbocycles. The number of carbonyl (C=O) groups is 1. The molecule has 0 spiro atoms. The Kier molecular flexibility index (Phi) is 5.80. The molecule has 0 fully saturated rings. The number of thioether (sulfide) groups is 1. The van der Waals surface area contributed by atoms with Crippen LogP contribution < -0.4 is 5.32 Å². The maximum Gasteiger partial charge on any atom is 0.233 e. The van der Waals surface area contributed by atoms with Crippen molar-refractivity contribution in [2.24, 2.45) is 0 Å². The normalized spacial score (nSPS) is 12.1. The molecular weight excluding hydrogens is 284 g/mol. The first-order valence-corrected chi connectivity index (χ1v) is 7.94. The topological polar surface area (TPSA) is 59.8 Å². The van der Waals surface area contributed by atoms with Crippen LogP contribution in [0.3, 0.4) is 0 Å². The van der Waals surface area contributed by atoms with Crippen LogP contribution in [0.25, 0.3) is 0 Å². The number of nitrogens with one attached hydrogen (secondary N) is 1. The summed E-state index contributed by atoms with van der Waals surface area (Å²) in [5, 5.41) is 3.60. The highest BCUT2D eigenvalue weighted by Crippen LogP contribution is 2.20. The van der Waals surface area contributed by atoms with Crippen LogP contribution in [-0.2, 0) is 17.9 Å². The van der Waals surface area contributed by atoms with Crippen molar-refractivity contribution in [3.8, 4) is 0 Å². The lowest BCUT2D eigenvalue weighted by Crippen LogP contribution is -2.31. The number of hydrogen-bond acceptors (Lipinski definition) is 4. The minimum atomic E-state index is -0.186. The Balaban J connectivity index is 1.85. The van der Waals surface area contributed by atoms with Gasteiger partial charge < -0.3 is 9.88 Å². The lowest BCUT2D eigenvalue weighted by atomic mass is 10.4. The zero-order valence-electron chi connectivity index (χ0n) is 12.3. The van der Waals surface area contributed by atoms with Crippen LogP contribution >= 0.6 is 11.8 Å². The number of carbonyl (C=O) groups excluding carboxylic acids is 1. The van der Waals surface area contributed by atoms with Crippen molar-refractivity contribution in [2.75, 3.05) is 0 Å². The van der Waals surface area contributed by atoms with E-state index in [1.54, 1.807) is 12.4 Å². The molecule has 0 aliphatic carbocycles. The van der Waals surface area contributed by atoms with E-state index in [9.17, 15) is 4.79 Å². The second kappa shape index (κ2) is 7.83. The minimum absolute atomic E-state index is 0.00305. The Morgan fingerprint density at radius 3 is 2.95 bits per heavy atom. The SMILES string of the molecule is CCCn1ccnc1CNC(=O)C(C)Sc1ccccn1. The molecule has 6 heteroatoms. The van der Waals surface area contributed by atoms with Gasteiger partial charge in [0.25, 0.3) is 0 Å². The van der Waals surface area contributed by atoms with Crippen molar-refractivity contribution in [2.45, 2.75) is 43.6 Å². The Morgan fingerprint density at radius 2 is 2.24 bits per heavy atom. The molecule has 1 atom stereocenters. The molecule has 1 amide bonds. The lowest BCUT2D eigenvalue weighted by Gasteiger charge is -2.12. The van der Waals surface area contributed by atoms with Gasteiger partial charge in [-0.15, -0.1) is 0 Å². The second-order valence-electron chi connectivity index (χ2n) is 4.68. The fourth-order valence-corrected chi connectivity index (χ4v) is 2.74. The summed E-state index contributed by atoms with van der Waals surface area (Å²) < 4.78 is 2.07. The van der Waals surface area contributed by atoms with E-state index in [-0.39, 0.29) is 11.2 Å². The van der Waals surface area contributed by atoms with Gasteiger partial charge in [0, 0.05) is 25.1 Å². The van der Waals surface area contributed by atoms with E-state index >= 15 is 0 Å². The van der Waals surface area contributed by atoms with E-state index in [4.69, 9.17) is 0 Å². The number of rotatable bonds is 7. The number of nitrogens with zero attached hydrogens (tertiary/aromatic N) is 3. The first-order valence-electron chi connectivity index (χ1n) is 7.06. The number of hydrogen-bond donors (Lipinski definition) is 1. The van der Waals surface area contributed by atoms with Crippen LogP contribution in [0.1, 0.15) is 26.1 Å². The third-order valence-corrected chi connectivity index (χ3v) is 4.04. The third kappa shape index (κ3) is 4.60. The third-order valence-electron chi connectivity index (χ3n) is 2.99. The molecule has 5 nitrogen and oxygen atoms in total. The van der Waals surface area contributed by atoms with Crippen LogP contribution in [0.15, 0.2) is 41.8 Å². The summed E-state index contributed by atoms with van der Waals surface area (Å²) in [5.41, 5.74) is 0. The van der Waals surface area contributed by atoms with Gasteiger partial charge in [-0.1, -0.05) is 24.8 Å². The highest BCUT2D eigenvalue weighted by Gasteiger charge is 2.15. The molecule has 0 aromatic carbocycles. The number of aromatic nitrogens is 3. The molecule has 0 aliphatic heterocycles. The van der Waals surface area contributed by atoms with Crippen LogP contribution in [0, 0.1) is 0 Å². The van der Waals surface area contributed by atoms with E-state index in [0.717, 1.165) is 23.8 Å². The van der Waals surface area contributed by atoms with Gasteiger partial charge in [0.1, 0.15) is 5.82 Å². The summed E-state index contributed by atoms with van der Waals surface area (Å²) in [6.45, 7) is 5.38. The van der Waals surface area contributed by atoms with E-state index in [1.165, 1.54) is 11.8 Å². The summed E-state index contributed by atoms with van der Waals surface area (Å²) in [7, 11) is 0. The Bertz CT molecular complexity index is 570. The molecule has 0 bridgehead atoms. The van der Waals surface area contributed by atoms with Crippen LogP contribution in [0.4, 0.5) is 0 Å². The van der Waals surface area contributed by atoms with Crippen LogP contribution in [0.2, 0.25) is 0 Å². The van der Waals surface area contributed by atoms with Gasteiger partial charge in [0.05, 0.1) is 16.8 Å². The monoisotopic (exact) mass is 304 g/mol. The highest BCUT2D eigenvalue weighted by molar-refractivity contribution is 8.00. The molecule has 0 saturated heterocycles. The molecule has 2 heterocycles. The number of imidazole rings is 1. The predicted molar refractivity (Wildman–Crippen MR) is 83.9 cm³/mol. The minimum Gasteiger partial charge on any atom is -0.348 e. The highest BCUT2D eigenvalue weighted by atomic mass is 32.2. The quantitative estimate of drug-likeness (QED) is 0.798. The van der Waals surface area contributed by atoms with Gasteiger partial charge in [-0.25, -0.2) is 9.97 Å². The maximum atomic E-state index is 12.1. The standard InChI is InChI=1S/C15H20N4OS/c1-3-9-19-10-8-16-13(19)11-18-15(20)12(2)21-14-6-4-5-7-17-14/h4-8,10,12H,3,9,11H2,1-2H3,(H,18,20). The van der Waals surface area contributed by atoms with E-state index in [1.807, 2.05) is 31.3 Å². The molecule has 1 N–H and O–H groups in total. The van der Waals surface area contributed by atoms with Gasteiger partial charge in [0.15, 0.2) is 0 Å². The molecule has 21 heavy (non-hydrogen) atoms. The van der Waals surface area contributed by atoms with Crippen molar-refractivity contribution in [1.82, 2.24) is 19.9 Å². The van der Waals surface area contributed by atoms with Crippen LogP contribution in [0.5, 0.6) is 0 Å². The number of pyridine rings is 1. The molecule has 2 aromatic heterocycles. The molecule has 0 radical (unpaired) electrons. The van der Waals surface area contributed by atoms with Crippen molar-refractivity contribution < 1.29 is 4.79 Å². The second-order valence-corrected chi connectivity index (χ2v) is 6.04. The van der Waals surface area contributed by atoms with Crippen molar-refractivity contribution in [3.63, 3.8) is 0 Å². The summed E-state index contributed by atoms with van der Waals surface area (Å²) in [6, 6.07) is 5.69. The van der Waals surface area contributed by atoms with Crippen LogP contribution in [-0.4, -0.2) is 25.7 Å². The zero-order valence-corrected chi connectivity index (χ0v) is 13.1. The molecule has 2 aromatic rings. The summed E-state index contributed by atoms with van der Waals surface area (Å²) >= 11 is 1.45. The largest absolute Gasteiger partial charge is 0.348 e. The molecule has 112 valence electrons. The van der Waals surface area contributed by atoms with Crippen molar-refractivity contribution >= 4 is 17.7 Å². The van der Waals surface area contributed by atoms with Gasteiger partial charge in [-0.3, -0.25) is 4.79 Å². The van der Waals surface area contributed by atoms with E-state index in [0.29, 0.717) is 6.54 Å².